The van der Waals surface area contributed by atoms with Gasteiger partial charge in [0.25, 0.3) is 5.91 Å². The van der Waals surface area contributed by atoms with Crippen molar-refractivity contribution in [3.63, 3.8) is 0 Å². The van der Waals surface area contributed by atoms with Crippen LogP contribution in [0, 0.1) is 0 Å². The molecular weight excluding hydrogens is 252 g/mol. The molecule has 0 aliphatic heterocycles. The van der Waals surface area contributed by atoms with Crippen LogP contribution in [-0.2, 0) is 6.54 Å². The highest BCUT2D eigenvalue weighted by molar-refractivity contribution is 5.94. The Morgan fingerprint density at radius 2 is 1.95 bits per heavy atom. The Hall–Kier alpha value is -2.75. The van der Waals surface area contributed by atoms with Crippen molar-refractivity contribution >= 4 is 5.91 Å². The lowest BCUT2D eigenvalue weighted by molar-refractivity contribution is 0.0948. The first-order chi connectivity index (χ1) is 9.83. The molecule has 1 N–H and O–H groups in total. The molecule has 0 fully saturated rings. The van der Waals surface area contributed by atoms with E-state index in [1.165, 1.54) is 0 Å². The molecule has 3 rings (SSSR count). The molecule has 0 saturated heterocycles. The van der Waals surface area contributed by atoms with Crippen LogP contribution in [0.5, 0.6) is 0 Å². The summed E-state index contributed by atoms with van der Waals surface area (Å²) in [6.07, 6.45) is 5.48. The zero-order chi connectivity index (χ0) is 13.8. The summed E-state index contributed by atoms with van der Waals surface area (Å²) in [4.78, 5) is 12.1. The van der Waals surface area contributed by atoms with E-state index < -0.39 is 0 Å². The molecule has 0 saturated carbocycles. The highest BCUT2D eigenvalue weighted by Crippen LogP contribution is 2.11. The number of amides is 1. The molecule has 0 aliphatic rings. The number of benzene rings is 1. The van der Waals surface area contributed by atoms with E-state index in [4.69, 9.17) is 4.42 Å². The highest BCUT2D eigenvalue weighted by Gasteiger charge is 2.07. The van der Waals surface area contributed by atoms with Crippen LogP contribution >= 0.6 is 0 Å². The predicted molar refractivity (Wildman–Crippen MR) is 75.6 cm³/mol. The molecule has 3 aromatic rings. The van der Waals surface area contributed by atoms with Gasteiger partial charge in [-0.3, -0.25) is 4.79 Å². The predicted octanol–water partition coefficient (Wildman–Crippen LogP) is 3.00. The Balaban J connectivity index is 1.73. The Morgan fingerprint density at radius 1 is 1.10 bits per heavy atom. The van der Waals surface area contributed by atoms with Gasteiger partial charge in [0.2, 0.25) is 0 Å². The molecular formula is C16H14N2O2. The maximum absolute atomic E-state index is 12.1. The zero-order valence-corrected chi connectivity index (χ0v) is 10.8. The molecule has 4 nitrogen and oxygen atoms in total. The molecule has 100 valence electrons. The smallest absolute Gasteiger partial charge is 0.251 e. The van der Waals surface area contributed by atoms with E-state index in [-0.39, 0.29) is 5.91 Å². The minimum Gasteiger partial charge on any atom is -0.467 e. The van der Waals surface area contributed by atoms with Crippen molar-refractivity contribution in [1.29, 1.82) is 0 Å². The third-order valence-corrected chi connectivity index (χ3v) is 3.01. The fourth-order valence-electron chi connectivity index (χ4n) is 2.00. The Morgan fingerprint density at radius 3 is 2.70 bits per heavy atom. The molecule has 0 unspecified atom stereocenters. The lowest BCUT2D eigenvalue weighted by Crippen LogP contribution is -2.22. The van der Waals surface area contributed by atoms with Gasteiger partial charge < -0.3 is 14.3 Å². The molecule has 4 heteroatoms. The van der Waals surface area contributed by atoms with Gasteiger partial charge in [-0.2, -0.15) is 0 Å². The fourth-order valence-corrected chi connectivity index (χ4v) is 2.00. The topological polar surface area (TPSA) is 47.2 Å². The van der Waals surface area contributed by atoms with E-state index in [0.29, 0.717) is 12.1 Å². The van der Waals surface area contributed by atoms with Gasteiger partial charge in [-0.25, -0.2) is 0 Å². The van der Waals surface area contributed by atoms with Crippen LogP contribution < -0.4 is 5.32 Å². The fraction of sp³-hybridized carbons (Fsp3) is 0.0625. The van der Waals surface area contributed by atoms with E-state index in [1.54, 1.807) is 18.4 Å². The lowest BCUT2D eigenvalue weighted by Gasteiger charge is -2.07. The summed E-state index contributed by atoms with van der Waals surface area (Å²) in [6.45, 7) is 0.388. The molecule has 0 radical (unpaired) electrons. The second kappa shape index (κ2) is 5.48. The van der Waals surface area contributed by atoms with Crippen molar-refractivity contribution in [3.8, 4) is 5.69 Å². The van der Waals surface area contributed by atoms with Crippen LogP contribution in [0.4, 0.5) is 0 Å². The van der Waals surface area contributed by atoms with Gasteiger partial charge in [0, 0.05) is 23.6 Å². The summed E-state index contributed by atoms with van der Waals surface area (Å²) >= 11 is 0. The highest BCUT2D eigenvalue weighted by atomic mass is 16.3. The van der Waals surface area contributed by atoms with Crippen molar-refractivity contribution < 1.29 is 9.21 Å². The molecule has 0 aliphatic carbocycles. The number of carbonyl (C=O) groups is 1. The second-order valence-electron chi connectivity index (χ2n) is 4.40. The van der Waals surface area contributed by atoms with Crippen molar-refractivity contribution in [2.75, 3.05) is 0 Å². The minimum absolute atomic E-state index is 0.115. The number of rotatable bonds is 4. The number of aromatic nitrogens is 1. The Labute approximate surface area is 116 Å². The van der Waals surface area contributed by atoms with Gasteiger partial charge in [-0.05, 0) is 42.5 Å². The van der Waals surface area contributed by atoms with E-state index >= 15 is 0 Å². The van der Waals surface area contributed by atoms with Crippen LogP contribution in [0.15, 0.2) is 71.6 Å². The summed E-state index contributed by atoms with van der Waals surface area (Å²) in [7, 11) is 0. The summed E-state index contributed by atoms with van der Waals surface area (Å²) in [5.74, 6) is 0.621. The van der Waals surface area contributed by atoms with Crippen molar-refractivity contribution in [1.82, 2.24) is 9.88 Å². The largest absolute Gasteiger partial charge is 0.467 e. The number of nitrogens with one attached hydrogen (secondary N) is 1. The monoisotopic (exact) mass is 266 g/mol. The van der Waals surface area contributed by atoms with E-state index in [0.717, 1.165) is 11.4 Å². The zero-order valence-electron chi connectivity index (χ0n) is 10.8. The quantitative estimate of drug-likeness (QED) is 0.789. The number of hydrogen-bond donors (Lipinski definition) is 1. The summed E-state index contributed by atoms with van der Waals surface area (Å²) in [6, 6.07) is 15.0. The summed E-state index contributed by atoms with van der Waals surface area (Å²) in [5.41, 5.74) is 1.59. The average molecular weight is 266 g/mol. The van der Waals surface area contributed by atoms with E-state index in [2.05, 4.69) is 5.32 Å². The third kappa shape index (κ3) is 2.64. The molecule has 20 heavy (non-hydrogen) atoms. The molecule has 0 bridgehead atoms. The second-order valence-corrected chi connectivity index (χ2v) is 4.40. The Bertz CT molecular complexity index is 685. The van der Waals surface area contributed by atoms with E-state index in [9.17, 15) is 4.79 Å². The van der Waals surface area contributed by atoms with Gasteiger partial charge >= 0.3 is 0 Å². The van der Waals surface area contributed by atoms with Gasteiger partial charge in [-0.1, -0.05) is 6.07 Å². The number of carbonyl (C=O) groups excluding carboxylic acids is 1. The molecule has 2 aromatic heterocycles. The first-order valence-corrected chi connectivity index (χ1v) is 6.37. The maximum Gasteiger partial charge on any atom is 0.251 e. The molecule has 0 spiro atoms. The SMILES string of the molecule is O=C(NCc1ccco1)c1cccc(-n2cccc2)c1. The van der Waals surface area contributed by atoms with Gasteiger partial charge in [0.1, 0.15) is 5.76 Å². The van der Waals surface area contributed by atoms with Crippen LogP contribution in [0.2, 0.25) is 0 Å². The van der Waals surface area contributed by atoms with Gasteiger partial charge in [-0.15, -0.1) is 0 Å². The van der Waals surface area contributed by atoms with Crippen LogP contribution in [0.1, 0.15) is 16.1 Å². The molecule has 1 amide bonds. The average Bonchev–Trinajstić information content (AvgIpc) is 3.18. The van der Waals surface area contributed by atoms with Crippen molar-refractivity contribution in [2.45, 2.75) is 6.54 Å². The molecule has 2 heterocycles. The Kier molecular flexibility index (Phi) is 3.37. The minimum atomic E-state index is -0.115. The van der Waals surface area contributed by atoms with Crippen LogP contribution in [0.25, 0.3) is 5.69 Å². The number of furan rings is 1. The van der Waals surface area contributed by atoms with Gasteiger partial charge in [0.05, 0.1) is 12.8 Å². The summed E-state index contributed by atoms with van der Waals surface area (Å²) < 4.78 is 7.15. The molecule has 1 aromatic carbocycles. The number of hydrogen-bond acceptors (Lipinski definition) is 2. The van der Waals surface area contributed by atoms with Crippen LogP contribution in [-0.4, -0.2) is 10.5 Å². The van der Waals surface area contributed by atoms with Gasteiger partial charge in [0.15, 0.2) is 0 Å². The van der Waals surface area contributed by atoms with Crippen molar-refractivity contribution in [3.05, 3.63) is 78.5 Å². The maximum atomic E-state index is 12.1. The first kappa shape index (κ1) is 12.3. The molecule has 0 atom stereocenters. The summed E-state index contributed by atoms with van der Waals surface area (Å²) in [5, 5.41) is 2.83. The van der Waals surface area contributed by atoms with Crippen molar-refractivity contribution in [2.24, 2.45) is 0 Å². The first-order valence-electron chi connectivity index (χ1n) is 6.37. The standard InChI is InChI=1S/C16H14N2O2/c19-16(17-12-15-7-4-10-20-15)13-5-3-6-14(11-13)18-8-1-2-9-18/h1-11H,12H2,(H,17,19). The normalized spacial score (nSPS) is 10.4. The number of nitrogens with zero attached hydrogens (tertiary/aromatic N) is 1. The van der Waals surface area contributed by atoms with Crippen LogP contribution in [0.3, 0.4) is 0 Å². The third-order valence-electron chi connectivity index (χ3n) is 3.01. The van der Waals surface area contributed by atoms with E-state index in [1.807, 2.05) is 53.4 Å². The lowest BCUT2D eigenvalue weighted by atomic mass is 10.2.